The molecule has 1 aliphatic rings. The van der Waals surface area contributed by atoms with Gasteiger partial charge in [0.2, 0.25) is 0 Å². The lowest BCUT2D eigenvalue weighted by Crippen LogP contribution is -2.23. The van der Waals surface area contributed by atoms with Gasteiger partial charge in [0, 0.05) is 11.8 Å². The molecule has 0 amide bonds. The predicted molar refractivity (Wildman–Crippen MR) is 81.1 cm³/mol. The van der Waals surface area contributed by atoms with Crippen molar-refractivity contribution in [3.05, 3.63) is 40.9 Å². The van der Waals surface area contributed by atoms with E-state index in [0.29, 0.717) is 24.0 Å². The Morgan fingerprint density at radius 2 is 2.38 bits per heavy atom. The molecule has 5 nitrogen and oxygen atoms in total. The average molecular weight is 304 g/mol. The van der Waals surface area contributed by atoms with Crippen LogP contribution in [0.25, 0.3) is 0 Å². The first-order valence-electron chi connectivity index (χ1n) is 6.87. The highest BCUT2D eigenvalue weighted by Gasteiger charge is 2.22. The zero-order valence-corrected chi connectivity index (χ0v) is 12.5. The number of para-hydroxylation sites is 1. The number of thiazole rings is 1. The van der Waals surface area contributed by atoms with Gasteiger partial charge in [-0.25, -0.2) is 9.78 Å². The summed E-state index contributed by atoms with van der Waals surface area (Å²) in [6.07, 6.45) is 0.983. The Bertz CT molecular complexity index is 616. The zero-order valence-electron chi connectivity index (χ0n) is 11.7. The van der Waals surface area contributed by atoms with Crippen LogP contribution in [0.4, 0.5) is 5.13 Å². The Labute approximate surface area is 126 Å². The third kappa shape index (κ3) is 3.16. The van der Waals surface area contributed by atoms with Gasteiger partial charge in [-0.2, -0.15) is 0 Å². The van der Waals surface area contributed by atoms with Crippen LogP contribution in [0.5, 0.6) is 5.75 Å². The summed E-state index contributed by atoms with van der Waals surface area (Å²) < 4.78 is 10.8. The third-order valence-electron chi connectivity index (χ3n) is 3.18. The zero-order chi connectivity index (χ0) is 14.7. The van der Waals surface area contributed by atoms with Crippen LogP contribution in [0.15, 0.2) is 29.6 Å². The summed E-state index contributed by atoms with van der Waals surface area (Å²) in [5.41, 5.74) is 1.58. The van der Waals surface area contributed by atoms with Crippen molar-refractivity contribution in [3.63, 3.8) is 0 Å². The largest absolute Gasteiger partial charge is 0.488 e. The highest BCUT2D eigenvalue weighted by atomic mass is 32.1. The number of carbonyl (C=O) groups excluding carboxylic acids is 1. The van der Waals surface area contributed by atoms with E-state index in [1.54, 1.807) is 12.3 Å². The Morgan fingerprint density at radius 1 is 1.52 bits per heavy atom. The molecule has 0 bridgehead atoms. The summed E-state index contributed by atoms with van der Waals surface area (Å²) in [5, 5.41) is 5.62. The molecule has 3 rings (SSSR count). The van der Waals surface area contributed by atoms with E-state index < -0.39 is 0 Å². The van der Waals surface area contributed by atoms with Crippen LogP contribution in [-0.4, -0.2) is 30.2 Å². The van der Waals surface area contributed by atoms with Crippen molar-refractivity contribution in [2.75, 3.05) is 18.5 Å². The van der Waals surface area contributed by atoms with E-state index in [9.17, 15) is 4.79 Å². The summed E-state index contributed by atoms with van der Waals surface area (Å²) in [4.78, 5) is 15.8. The Kier molecular flexibility index (Phi) is 4.06. The quantitative estimate of drug-likeness (QED) is 0.861. The second-order valence-electron chi connectivity index (χ2n) is 4.69. The number of hydrogen-bond acceptors (Lipinski definition) is 6. The summed E-state index contributed by atoms with van der Waals surface area (Å²) >= 11 is 1.39. The number of nitrogens with zero attached hydrogens (tertiary/aromatic N) is 1. The minimum absolute atomic E-state index is 0.0948. The predicted octanol–water partition coefficient (Wildman–Crippen LogP) is 2.74. The number of carbonyl (C=O) groups is 1. The number of aromatic nitrogens is 1. The summed E-state index contributed by atoms with van der Waals surface area (Å²) in [5.74, 6) is 0.571. The SMILES string of the molecule is CCOC(=O)c1csc(NCC2Cc3ccccc3O2)n1. The summed E-state index contributed by atoms with van der Waals surface area (Å²) in [7, 11) is 0. The van der Waals surface area contributed by atoms with Crippen LogP contribution >= 0.6 is 11.3 Å². The minimum Gasteiger partial charge on any atom is -0.488 e. The van der Waals surface area contributed by atoms with Crippen LogP contribution in [0.1, 0.15) is 23.0 Å². The van der Waals surface area contributed by atoms with Crippen molar-refractivity contribution in [2.24, 2.45) is 0 Å². The van der Waals surface area contributed by atoms with E-state index in [4.69, 9.17) is 9.47 Å². The maximum absolute atomic E-state index is 11.5. The smallest absolute Gasteiger partial charge is 0.357 e. The Hall–Kier alpha value is -2.08. The summed E-state index contributed by atoms with van der Waals surface area (Å²) in [6.45, 7) is 2.79. The first-order chi connectivity index (χ1) is 10.3. The highest BCUT2D eigenvalue weighted by molar-refractivity contribution is 7.13. The molecule has 0 radical (unpaired) electrons. The molecule has 0 aliphatic carbocycles. The number of hydrogen-bond donors (Lipinski definition) is 1. The molecule has 2 heterocycles. The topological polar surface area (TPSA) is 60.5 Å². The lowest BCUT2D eigenvalue weighted by Gasteiger charge is -2.10. The molecule has 1 N–H and O–H groups in total. The molecular formula is C15H16N2O3S. The fourth-order valence-electron chi connectivity index (χ4n) is 2.22. The second kappa shape index (κ2) is 6.13. The van der Waals surface area contributed by atoms with Crippen molar-refractivity contribution in [1.29, 1.82) is 0 Å². The monoisotopic (exact) mass is 304 g/mol. The number of anilines is 1. The molecule has 1 unspecified atom stereocenters. The number of esters is 1. The molecule has 2 aromatic rings. The molecule has 6 heteroatoms. The molecule has 1 aromatic heterocycles. The lowest BCUT2D eigenvalue weighted by molar-refractivity contribution is 0.0520. The van der Waals surface area contributed by atoms with Crippen LogP contribution in [-0.2, 0) is 11.2 Å². The lowest BCUT2D eigenvalue weighted by atomic mass is 10.1. The molecular weight excluding hydrogens is 288 g/mol. The first kappa shape index (κ1) is 13.9. The molecule has 0 saturated heterocycles. The molecule has 0 spiro atoms. The van der Waals surface area contributed by atoms with E-state index in [1.165, 1.54) is 16.9 Å². The number of benzene rings is 1. The van der Waals surface area contributed by atoms with Gasteiger partial charge in [0.25, 0.3) is 0 Å². The maximum atomic E-state index is 11.5. The molecule has 1 atom stereocenters. The van der Waals surface area contributed by atoms with E-state index >= 15 is 0 Å². The van der Waals surface area contributed by atoms with Gasteiger partial charge in [0.1, 0.15) is 11.9 Å². The Balaban J connectivity index is 1.54. The highest BCUT2D eigenvalue weighted by Crippen LogP contribution is 2.28. The van der Waals surface area contributed by atoms with Gasteiger partial charge in [0.15, 0.2) is 10.8 Å². The second-order valence-corrected chi connectivity index (χ2v) is 5.55. The van der Waals surface area contributed by atoms with Gasteiger partial charge >= 0.3 is 5.97 Å². The molecule has 21 heavy (non-hydrogen) atoms. The van der Waals surface area contributed by atoms with Crippen molar-refractivity contribution < 1.29 is 14.3 Å². The average Bonchev–Trinajstić information content (AvgIpc) is 3.11. The number of ether oxygens (including phenoxy) is 2. The van der Waals surface area contributed by atoms with Gasteiger partial charge in [-0.15, -0.1) is 11.3 Å². The van der Waals surface area contributed by atoms with Gasteiger partial charge in [0.05, 0.1) is 13.2 Å². The van der Waals surface area contributed by atoms with Crippen LogP contribution in [0, 0.1) is 0 Å². The van der Waals surface area contributed by atoms with Crippen LogP contribution in [0.3, 0.4) is 0 Å². The number of rotatable bonds is 5. The molecule has 0 fully saturated rings. The fourth-order valence-corrected chi connectivity index (χ4v) is 2.91. The van der Waals surface area contributed by atoms with Gasteiger partial charge < -0.3 is 14.8 Å². The van der Waals surface area contributed by atoms with Crippen LogP contribution in [0.2, 0.25) is 0 Å². The molecule has 110 valence electrons. The van der Waals surface area contributed by atoms with Crippen molar-refractivity contribution in [3.8, 4) is 5.75 Å². The third-order valence-corrected chi connectivity index (χ3v) is 3.98. The molecule has 1 aromatic carbocycles. The van der Waals surface area contributed by atoms with Gasteiger partial charge in [-0.05, 0) is 18.6 Å². The van der Waals surface area contributed by atoms with Crippen molar-refractivity contribution in [2.45, 2.75) is 19.4 Å². The Morgan fingerprint density at radius 3 is 3.19 bits per heavy atom. The first-order valence-corrected chi connectivity index (χ1v) is 7.75. The van der Waals surface area contributed by atoms with Crippen molar-refractivity contribution >= 4 is 22.4 Å². The number of fused-ring (bicyclic) bond motifs is 1. The van der Waals surface area contributed by atoms with Gasteiger partial charge in [-0.3, -0.25) is 0 Å². The maximum Gasteiger partial charge on any atom is 0.357 e. The summed E-state index contributed by atoms with van der Waals surface area (Å²) in [6, 6.07) is 8.06. The number of nitrogens with one attached hydrogen (secondary N) is 1. The minimum atomic E-state index is -0.383. The van der Waals surface area contributed by atoms with Crippen LogP contribution < -0.4 is 10.1 Å². The fraction of sp³-hybridized carbons (Fsp3) is 0.333. The molecule has 0 saturated carbocycles. The standard InChI is InChI=1S/C15H16N2O3S/c1-2-19-14(18)12-9-21-15(17-12)16-8-11-7-10-5-3-4-6-13(10)20-11/h3-6,9,11H,2,7-8H2,1H3,(H,16,17). The normalized spacial score (nSPS) is 16.1. The molecule has 1 aliphatic heterocycles. The van der Waals surface area contributed by atoms with Crippen molar-refractivity contribution in [1.82, 2.24) is 4.98 Å². The van der Waals surface area contributed by atoms with E-state index in [-0.39, 0.29) is 12.1 Å². The van der Waals surface area contributed by atoms with E-state index in [1.807, 2.05) is 18.2 Å². The van der Waals surface area contributed by atoms with Gasteiger partial charge in [-0.1, -0.05) is 18.2 Å². The van der Waals surface area contributed by atoms with E-state index in [2.05, 4.69) is 16.4 Å². The van der Waals surface area contributed by atoms with E-state index in [0.717, 1.165) is 12.2 Å².